The van der Waals surface area contributed by atoms with Gasteiger partial charge in [-0.15, -0.1) is 0 Å². The summed E-state index contributed by atoms with van der Waals surface area (Å²) in [7, 11) is 1.38. The van der Waals surface area contributed by atoms with Gasteiger partial charge in [0.2, 0.25) is 0 Å². The molecule has 0 aliphatic heterocycles. The highest BCUT2D eigenvalue weighted by Gasteiger charge is 2.12. The zero-order valence-electron chi connectivity index (χ0n) is 10.8. The largest absolute Gasteiger partial charge is 0.494 e. The van der Waals surface area contributed by atoms with Crippen LogP contribution in [0.1, 0.15) is 16.2 Å². The number of anilines is 2. The van der Waals surface area contributed by atoms with Gasteiger partial charge in [0, 0.05) is 11.8 Å². The number of rotatable bonds is 4. The normalized spacial score (nSPS) is 10.2. The number of carbonyl (C=O) groups excluding carboxylic acids is 1. The van der Waals surface area contributed by atoms with E-state index in [4.69, 9.17) is 16.3 Å². The second-order valence-electron chi connectivity index (χ2n) is 3.92. The molecule has 0 bridgehead atoms. The number of benzene rings is 1. The predicted octanol–water partition coefficient (Wildman–Crippen LogP) is 3.14. The zero-order valence-corrected chi connectivity index (χ0v) is 11.5. The Kier molecular flexibility index (Phi) is 4.14. The van der Waals surface area contributed by atoms with Crippen molar-refractivity contribution in [3.63, 3.8) is 0 Å². The monoisotopic (exact) mass is 295 g/mol. The van der Waals surface area contributed by atoms with E-state index in [2.05, 4.69) is 15.3 Å². The number of aryl methyl sites for hydroxylation is 1. The molecule has 7 heteroatoms. The summed E-state index contributed by atoms with van der Waals surface area (Å²) in [5, 5.41) is 2.88. The molecule has 104 valence electrons. The third-order valence-electron chi connectivity index (χ3n) is 2.54. The Morgan fingerprint density at radius 1 is 1.40 bits per heavy atom. The Morgan fingerprint density at radius 3 is 2.75 bits per heavy atom. The van der Waals surface area contributed by atoms with Crippen LogP contribution in [0.2, 0.25) is 5.15 Å². The third-order valence-corrected chi connectivity index (χ3v) is 2.83. The molecular formula is C13H11ClFN3O2. The summed E-state index contributed by atoms with van der Waals surface area (Å²) in [5.74, 6) is 0.226. The van der Waals surface area contributed by atoms with Crippen molar-refractivity contribution in [2.24, 2.45) is 0 Å². The molecule has 0 spiro atoms. The van der Waals surface area contributed by atoms with Crippen molar-refractivity contribution in [1.82, 2.24) is 9.97 Å². The molecule has 0 amide bonds. The molecule has 1 aromatic carbocycles. The van der Waals surface area contributed by atoms with Crippen LogP contribution in [0.4, 0.5) is 15.9 Å². The van der Waals surface area contributed by atoms with Crippen LogP contribution in [0.15, 0.2) is 18.2 Å². The van der Waals surface area contributed by atoms with E-state index in [1.54, 1.807) is 13.0 Å². The summed E-state index contributed by atoms with van der Waals surface area (Å²) in [5.41, 5.74) is 0.536. The van der Waals surface area contributed by atoms with E-state index in [9.17, 15) is 9.18 Å². The van der Waals surface area contributed by atoms with Gasteiger partial charge in [-0.05, 0) is 19.1 Å². The molecule has 2 rings (SSSR count). The van der Waals surface area contributed by atoms with Crippen LogP contribution in [0.25, 0.3) is 0 Å². The fourth-order valence-electron chi connectivity index (χ4n) is 1.63. The van der Waals surface area contributed by atoms with Crippen LogP contribution < -0.4 is 10.1 Å². The summed E-state index contributed by atoms with van der Waals surface area (Å²) in [6.07, 6.45) is 0.546. The van der Waals surface area contributed by atoms with Gasteiger partial charge >= 0.3 is 0 Å². The average Bonchev–Trinajstić information content (AvgIpc) is 2.38. The lowest BCUT2D eigenvalue weighted by molar-refractivity contribution is 0.112. The molecule has 0 aliphatic carbocycles. The molecule has 0 atom stereocenters. The minimum atomic E-state index is -0.526. The van der Waals surface area contributed by atoms with Gasteiger partial charge in [0.05, 0.1) is 12.7 Å². The summed E-state index contributed by atoms with van der Waals surface area (Å²) in [6, 6.07) is 4.30. The van der Waals surface area contributed by atoms with Gasteiger partial charge < -0.3 is 10.1 Å². The number of hydrogen-bond acceptors (Lipinski definition) is 5. The molecule has 0 saturated carbocycles. The summed E-state index contributed by atoms with van der Waals surface area (Å²) in [4.78, 5) is 19.0. The van der Waals surface area contributed by atoms with Crippen LogP contribution >= 0.6 is 11.6 Å². The van der Waals surface area contributed by atoms with Gasteiger partial charge in [-0.3, -0.25) is 4.79 Å². The SMILES string of the molecule is COc1ccc(Nc2nc(C)nc(Cl)c2C=O)cc1F. The van der Waals surface area contributed by atoms with Crippen molar-refractivity contribution in [3.05, 3.63) is 40.6 Å². The standard InChI is InChI=1S/C13H11ClFN3O2/c1-7-16-12(14)9(6-19)13(17-7)18-8-3-4-11(20-2)10(15)5-8/h3-6H,1-2H3,(H,16,17,18). The topological polar surface area (TPSA) is 64.1 Å². The molecule has 1 heterocycles. The van der Waals surface area contributed by atoms with Crippen LogP contribution in [-0.4, -0.2) is 23.4 Å². The molecule has 2 aromatic rings. The Bertz CT molecular complexity index is 664. The minimum Gasteiger partial charge on any atom is -0.494 e. The highest BCUT2D eigenvalue weighted by Crippen LogP contribution is 2.26. The van der Waals surface area contributed by atoms with Crippen LogP contribution in [-0.2, 0) is 0 Å². The van der Waals surface area contributed by atoms with Crippen molar-refractivity contribution >= 4 is 29.4 Å². The lowest BCUT2D eigenvalue weighted by atomic mass is 10.2. The highest BCUT2D eigenvalue weighted by molar-refractivity contribution is 6.32. The van der Waals surface area contributed by atoms with E-state index in [0.717, 1.165) is 0 Å². The molecule has 0 saturated heterocycles. The summed E-state index contributed by atoms with van der Waals surface area (Å²) < 4.78 is 18.4. The number of hydrogen-bond donors (Lipinski definition) is 1. The first kappa shape index (κ1) is 14.2. The van der Waals surface area contributed by atoms with Crippen LogP contribution in [0, 0.1) is 12.7 Å². The maximum absolute atomic E-state index is 13.6. The Balaban J connectivity index is 2.39. The summed E-state index contributed by atoms with van der Waals surface area (Å²) in [6.45, 7) is 1.64. The van der Waals surface area contributed by atoms with E-state index in [0.29, 0.717) is 17.8 Å². The van der Waals surface area contributed by atoms with Gasteiger partial charge in [0.25, 0.3) is 0 Å². The number of methoxy groups -OCH3 is 1. The van der Waals surface area contributed by atoms with Crippen molar-refractivity contribution in [2.45, 2.75) is 6.92 Å². The number of nitrogens with one attached hydrogen (secondary N) is 1. The van der Waals surface area contributed by atoms with Gasteiger partial charge in [-0.1, -0.05) is 11.6 Å². The first-order chi connectivity index (χ1) is 9.55. The maximum atomic E-state index is 13.6. The number of aldehydes is 1. The van der Waals surface area contributed by atoms with Gasteiger partial charge in [0.1, 0.15) is 16.8 Å². The van der Waals surface area contributed by atoms with Crippen molar-refractivity contribution in [3.8, 4) is 5.75 Å². The molecule has 5 nitrogen and oxygen atoms in total. The first-order valence-electron chi connectivity index (χ1n) is 5.65. The Morgan fingerprint density at radius 2 is 2.15 bits per heavy atom. The fourth-order valence-corrected chi connectivity index (χ4v) is 1.88. The summed E-state index contributed by atoms with van der Waals surface area (Å²) >= 11 is 5.86. The lowest BCUT2D eigenvalue weighted by Crippen LogP contribution is -2.03. The molecule has 1 aromatic heterocycles. The number of aromatic nitrogens is 2. The third kappa shape index (κ3) is 2.85. The lowest BCUT2D eigenvalue weighted by Gasteiger charge is -2.10. The fraction of sp³-hybridized carbons (Fsp3) is 0.154. The number of carbonyl (C=O) groups is 1. The van der Waals surface area contributed by atoms with Gasteiger partial charge in [0.15, 0.2) is 17.9 Å². The quantitative estimate of drug-likeness (QED) is 0.693. The first-order valence-corrected chi connectivity index (χ1v) is 6.03. The zero-order chi connectivity index (χ0) is 14.7. The highest BCUT2D eigenvalue weighted by atomic mass is 35.5. The Labute approximate surface area is 119 Å². The van der Waals surface area contributed by atoms with Crippen molar-refractivity contribution in [2.75, 3.05) is 12.4 Å². The number of halogens is 2. The molecule has 1 N–H and O–H groups in total. The molecule has 0 aliphatic rings. The van der Waals surface area contributed by atoms with E-state index in [1.807, 2.05) is 0 Å². The van der Waals surface area contributed by atoms with Gasteiger partial charge in [-0.2, -0.15) is 0 Å². The predicted molar refractivity (Wildman–Crippen MR) is 73.4 cm³/mol. The van der Waals surface area contributed by atoms with Crippen molar-refractivity contribution < 1.29 is 13.9 Å². The number of nitrogens with zero attached hydrogens (tertiary/aromatic N) is 2. The van der Waals surface area contributed by atoms with Crippen LogP contribution in [0.5, 0.6) is 5.75 Å². The second-order valence-corrected chi connectivity index (χ2v) is 4.27. The molecule has 0 fully saturated rings. The molecular weight excluding hydrogens is 285 g/mol. The average molecular weight is 296 g/mol. The minimum absolute atomic E-state index is 0.0454. The van der Waals surface area contributed by atoms with E-state index in [-0.39, 0.29) is 22.3 Å². The smallest absolute Gasteiger partial charge is 0.167 e. The maximum Gasteiger partial charge on any atom is 0.167 e. The second kappa shape index (κ2) is 5.83. The van der Waals surface area contributed by atoms with E-state index >= 15 is 0 Å². The van der Waals surface area contributed by atoms with E-state index < -0.39 is 5.82 Å². The Hall–Kier alpha value is -2.21. The molecule has 0 radical (unpaired) electrons. The number of ether oxygens (including phenoxy) is 1. The van der Waals surface area contributed by atoms with Crippen LogP contribution in [0.3, 0.4) is 0 Å². The van der Waals surface area contributed by atoms with Gasteiger partial charge in [-0.25, -0.2) is 14.4 Å². The van der Waals surface area contributed by atoms with E-state index in [1.165, 1.54) is 19.2 Å². The van der Waals surface area contributed by atoms with Crippen molar-refractivity contribution in [1.29, 1.82) is 0 Å². The molecule has 20 heavy (non-hydrogen) atoms. The molecule has 0 unspecified atom stereocenters.